The van der Waals surface area contributed by atoms with Gasteiger partial charge in [0.25, 0.3) is 0 Å². The Hall–Kier alpha value is -1.36. The number of nitrogens with one attached hydrogen (secondary N) is 1. The second kappa shape index (κ2) is 8.35. The summed E-state index contributed by atoms with van der Waals surface area (Å²) in [5.41, 5.74) is 4.45. The molecule has 0 spiro atoms. The Morgan fingerprint density at radius 2 is 1.92 bits per heavy atom. The van der Waals surface area contributed by atoms with Crippen molar-refractivity contribution in [1.29, 1.82) is 0 Å². The van der Waals surface area contributed by atoms with E-state index in [1.54, 1.807) is 0 Å². The summed E-state index contributed by atoms with van der Waals surface area (Å²) >= 11 is 1.90. The van der Waals surface area contributed by atoms with Crippen molar-refractivity contribution >= 4 is 17.0 Å². The number of benzene rings is 1. The quantitative estimate of drug-likeness (QED) is 0.760. The SMILES string of the molecule is c1ccc2c(c1)CCCN2CCNCc1cc(CN2CCCC2)cs1. The minimum Gasteiger partial charge on any atom is -0.370 e. The first kappa shape index (κ1) is 17.1. The van der Waals surface area contributed by atoms with E-state index in [1.165, 1.54) is 67.0 Å². The molecular weight excluding hydrogens is 326 g/mol. The minimum atomic E-state index is 1.00. The highest BCUT2D eigenvalue weighted by Gasteiger charge is 2.15. The fraction of sp³-hybridized carbons (Fsp3) is 0.524. The maximum absolute atomic E-state index is 3.64. The predicted molar refractivity (Wildman–Crippen MR) is 108 cm³/mol. The van der Waals surface area contributed by atoms with Gasteiger partial charge in [0.1, 0.15) is 0 Å². The number of para-hydroxylation sites is 1. The van der Waals surface area contributed by atoms with Crippen LogP contribution in [0.4, 0.5) is 5.69 Å². The topological polar surface area (TPSA) is 18.5 Å². The summed E-state index contributed by atoms with van der Waals surface area (Å²) in [6.45, 7) is 8.04. The Balaban J connectivity index is 1.22. The average molecular weight is 356 g/mol. The number of aryl methyl sites for hydroxylation is 1. The molecule has 0 aliphatic carbocycles. The van der Waals surface area contributed by atoms with Gasteiger partial charge in [-0.25, -0.2) is 0 Å². The highest BCUT2D eigenvalue weighted by atomic mass is 32.1. The van der Waals surface area contributed by atoms with Crippen LogP contribution in [-0.4, -0.2) is 37.6 Å². The molecule has 0 unspecified atom stereocenters. The largest absolute Gasteiger partial charge is 0.370 e. The molecule has 0 atom stereocenters. The number of thiophene rings is 1. The molecule has 0 bridgehead atoms. The van der Waals surface area contributed by atoms with Crippen LogP contribution < -0.4 is 10.2 Å². The first-order valence-electron chi connectivity index (χ1n) is 9.71. The van der Waals surface area contributed by atoms with Crippen molar-refractivity contribution in [2.75, 3.05) is 37.6 Å². The molecule has 4 rings (SSSR count). The fourth-order valence-corrected chi connectivity index (χ4v) is 4.92. The normalized spacial score (nSPS) is 17.8. The number of rotatable bonds is 7. The Kier molecular flexibility index (Phi) is 5.70. The molecule has 1 aromatic heterocycles. The molecule has 25 heavy (non-hydrogen) atoms. The second-order valence-corrected chi connectivity index (χ2v) is 8.30. The standard InChI is InChI=1S/C21H29N3S/c1-2-8-21-19(6-1)7-5-12-24(21)13-9-22-15-20-14-18(17-25-20)16-23-10-3-4-11-23/h1-2,6,8,14,17,22H,3-5,7,9-13,15-16H2. The van der Waals surface area contributed by atoms with Crippen LogP contribution in [0.25, 0.3) is 0 Å². The monoisotopic (exact) mass is 355 g/mol. The van der Waals surface area contributed by atoms with Crippen LogP contribution in [0.5, 0.6) is 0 Å². The Morgan fingerprint density at radius 3 is 2.84 bits per heavy atom. The summed E-state index contributed by atoms with van der Waals surface area (Å²) in [6, 6.07) is 11.3. The first-order valence-corrected chi connectivity index (χ1v) is 10.6. The first-order chi connectivity index (χ1) is 12.4. The van der Waals surface area contributed by atoms with Crippen molar-refractivity contribution in [3.8, 4) is 0 Å². The zero-order chi connectivity index (χ0) is 16.9. The van der Waals surface area contributed by atoms with Crippen molar-refractivity contribution in [3.05, 3.63) is 51.7 Å². The molecule has 0 radical (unpaired) electrons. The Labute approximate surface area is 155 Å². The number of hydrogen-bond acceptors (Lipinski definition) is 4. The molecule has 134 valence electrons. The van der Waals surface area contributed by atoms with Crippen molar-refractivity contribution in [3.63, 3.8) is 0 Å². The molecule has 0 amide bonds. The summed E-state index contributed by atoms with van der Waals surface area (Å²) < 4.78 is 0. The van der Waals surface area contributed by atoms with Crippen molar-refractivity contribution in [2.45, 2.75) is 38.8 Å². The highest BCUT2D eigenvalue weighted by molar-refractivity contribution is 7.10. The molecule has 2 aromatic rings. The third-order valence-electron chi connectivity index (χ3n) is 5.38. The lowest BCUT2D eigenvalue weighted by Crippen LogP contribution is -2.35. The summed E-state index contributed by atoms with van der Waals surface area (Å²) in [4.78, 5) is 6.58. The number of anilines is 1. The van der Waals surface area contributed by atoms with Crippen LogP contribution >= 0.6 is 11.3 Å². The van der Waals surface area contributed by atoms with Gasteiger partial charge in [-0.15, -0.1) is 11.3 Å². The van der Waals surface area contributed by atoms with Crippen LogP contribution in [-0.2, 0) is 19.5 Å². The predicted octanol–water partition coefficient (Wildman–Crippen LogP) is 3.89. The van der Waals surface area contributed by atoms with E-state index >= 15 is 0 Å². The van der Waals surface area contributed by atoms with E-state index in [4.69, 9.17) is 0 Å². The lowest BCUT2D eigenvalue weighted by Gasteiger charge is -2.31. The lowest BCUT2D eigenvalue weighted by atomic mass is 10.0. The molecular formula is C21H29N3S. The smallest absolute Gasteiger partial charge is 0.0399 e. The molecule has 1 N–H and O–H groups in total. The summed E-state index contributed by atoms with van der Waals surface area (Å²) in [6.07, 6.45) is 5.26. The van der Waals surface area contributed by atoms with E-state index < -0.39 is 0 Å². The third-order valence-corrected chi connectivity index (χ3v) is 6.36. The van der Waals surface area contributed by atoms with Gasteiger partial charge >= 0.3 is 0 Å². The van der Waals surface area contributed by atoms with Gasteiger partial charge < -0.3 is 10.2 Å². The maximum Gasteiger partial charge on any atom is 0.0399 e. The van der Waals surface area contributed by atoms with E-state index in [2.05, 4.69) is 50.8 Å². The molecule has 3 heterocycles. The Morgan fingerprint density at radius 1 is 1.04 bits per heavy atom. The molecule has 2 aliphatic rings. The van der Waals surface area contributed by atoms with Gasteiger partial charge in [0.05, 0.1) is 0 Å². The number of likely N-dealkylation sites (tertiary alicyclic amines) is 1. The van der Waals surface area contributed by atoms with Gasteiger partial charge in [-0.1, -0.05) is 18.2 Å². The molecule has 4 heteroatoms. The van der Waals surface area contributed by atoms with Crippen molar-refractivity contribution in [1.82, 2.24) is 10.2 Å². The second-order valence-electron chi connectivity index (χ2n) is 7.30. The average Bonchev–Trinajstić information content (AvgIpc) is 3.31. The molecule has 1 fully saturated rings. The summed E-state index contributed by atoms with van der Waals surface area (Å²) in [5.74, 6) is 0. The Bertz CT molecular complexity index is 675. The van der Waals surface area contributed by atoms with Gasteiger partial charge in [0.2, 0.25) is 0 Å². The van der Waals surface area contributed by atoms with E-state index in [0.717, 1.165) is 26.2 Å². The van der Waals surface area contributed by atoms with Gasteiger partial charge in [0, 0.05) is 43.3 Å². The van der Waals surface area contributed by atoms with Crippen molar-refractivity contribution < 1.29 is 0 Å². The molecule has 2 aliphatic heterocycles. The zero-order valence-electron chi connectivity index (χ0n) is 15.0. The minimum absolute atomic E-state index is 1.00. The van der Waals surface area contributed by atoms with Crippen LogP contribution in [0.2, 0.25) is 0 Å². The zero-order valence-corrected chi connectivity index (χ0v) is 15.9. The lowest BCUT2D eigenvalue weighted by molar-refractivity contribution is 0.332. The van der Waals surface area contributed by atoms with Crippen LogP contribution in [0.15, 0.2) is 35.7 Å². The van der Waals surface area contributed by atoms with Crippen LogP contribution in [0.1, 0.15) is 35.3 Å². The van der Waals surface area contributed by atoms with Gasteiger partial charge in [0.15, 0.2) is 0 Å². The van der Waals surface area contributed by atoms with Crippen molar-refractivity contribution in [2.24, 2.45) is 0 Å². The fourth-order valence-electron chi connectivity index (χ4n) is 4.07. The van der Waals surface area contributed by atoms with Gasteiger partial charge in [-0.3, -0.25) is 4.90 Å². The third kappa shape index (κ3) is 4.43. The highest BCUT2D eigenvalue weighted by Crippen LogP contribution is 2.26. The van der Waals surface area contributed by atoms with E-state index in [9.17, 15) is 0 Å². The van der Waals surface area contributed by atoms with Gasteiger partial charge in [-0.05, 0) is 67.4 Å². The number of fused-ring (bicyclic) bond motifs is 1. The molecule has 3 nitrogen and oxygen atoms in total. The molecule has 0 saturated carbocycles. The van der Waals surface area contributed by atoms with E-state index in [1.807, 2.05) is 11.3 Å². The van der Waals surface area contributed by atoms with E-state index in [0.29, 0.717) is 0 Å². The molecule has 1 saturated heterocycles. The summed E-state index contributed by atoms with van der Waals surface area (Å²) in [5, 5.41) is 5.99. The van der Waals surface area contributed by atoms with E-state index in [-0.39, 0.29) is 0 Å². The van der Waals surface area contributed by atoms with Crippen LogP contribution in [0.3, 0.4) is 0 Å². The number of nitrogens with zero attached hydrogens (tertiary/aromatic N) is 2. The van der Waals surface area contributed by atoms with Crippen LogP contribution in [0, 0.1) is 0 Å². The number of hydrogen-bond donors (Lipinski definition) is 1. The van der Waals surface area contributed by atoms with Gasteiger partial charge in [-0.2, -0.15) is 0 Å². The summed E-state index contributed by atoms with van der Waals surface area (Å²) in [7, 11) is 0. The molecule has 1 aromatic carbocycles. The maximum atomic E-state index is 3.64.